The summed E-state index contributed by atoms with van der Waals surface area (Å²) in [4.78, 5) is 13.1. The van der Waals surface area contributed by atoms with Gasteiger partial charge in [-0.05, 0) is 68.2 Å². The highest BCUT2D eigenvalue weighted by molar-refractivity contribution is 7.92. The molecule has 0 bridgehead atoms. The minimum atomic E-state index is -3.75. The minimum absolute atomic E-state index is 0.0983. The van der Waals surface area contributed by atoms with Gasteiger partial charge in [0.2, 0.25) is 0 Å². The average molecular weight is 475 g/mol. The topological polar surface area (TPSA) is 104 Å². The van der Waals surface area contributed by atoms with Crippen molar-refractivity contribution in [3.05, 3.63) is 102 Å². The van der Waals surface area contributed by atoms with Gasteiger partial charge in [0.25, 0.3) is 15.9 Å². The molecule has 1 heterocycles. The van der Waals surface area contributed by atoms with Crippen LogP contribution in [0.3, 0.4) is 0 Å². The Balaban J connectivity index is 1.49. The summed E-state index contributed by atoms with van der Waals surface area (Å²) in [5.41, 5.74) is 4.61. The first kappa shape index (κ1) is 23.3. The number of sulfonamides is 1. The number of anilines is 2. The largest absolute Gasteiger partial charge is 0.321 e. The Hall–Kier alpha value is -3.91. The fraction of sp³-hybridized carbons (Fsp3) is 0.154. The number of fused-ring (bicyclic) bond motifs is 1. The number of hydrogen-bond acceptors (Lipinski definition) is 4. The third kappa shape index (κ3) is 5.35. The number of H-pyrrole nitrogens is 1. The van der Waals surface area contributed by atoms with Crippen molar-refractivity contribution in [1.29, 1.82) is 0 Å². The number of carbonyl (C=O) groups is 1. The maximum absolute atomic E-state index is 13.0. The van der Waals surface area contributed by atoms with Gasteiger partial charge < -0.3 is 5.32 Å². The Morgan fingerprint density at radius 3 is 2.47 bits per heavy atom. The highest BCUT2D eigenvalue weighted by Crippen LogP contribution is 2.24. The Morgan fingerprint density at radius 1 is 1.03 bits per heavy atom. The van der Waals surface area contributed by atoms with Crippen LogP contribution >= 0.6 is 0 Å². The van der Waals surface area contributed by atoms with Crippen LogP contribution in [0.25, 0.3) is 5.57 Å². The van der Waals surface area contributed by atoms with Crippen molar-refractivity contribution in [3.63, 3.8) is 0 Å². The molecule has 174 valence electrons. The van der Waals surface area contributed by atoms with Gasteiger partial charge in [-0.25, -0.2) is 8.42 Å². The van der Waals surface area contributed by atoms with Gasteiger partial charge in [-0.15, -0.1) is 0 Å². The first-order valence-corrected chi connectivity index (χ1v) is 12.4. The molecule has 1 aromatic heterocycles. The lowest BCUT2D eigenvalue weighted by atomic mass is 10.00. The summed E-state index contributed by atoms with van der Waals surface area (Å²) in [7, 11) is -3.75. The normalized spacial score (nSPS) is 15.7. The van der Waals surface area contributed by atoms with Gasteiger partial charge in [0.15, 0.2) is 0 Å². The van der Waals surface area contributed by atoms with E-state index in [0.29, 0.717) is 29.2 Å². The van der Waals surface area contributed by atoms with Crippen molar-refractivity contribution in [1.82, 2.24) is 10.2 Å². The van der Waals surface area contributed by atoms with Crippen molar-refractivity contribution in [2.75, 3.05) is 10.0 Å². The van der Waals surface area contributed by atoms with E-state index >= 15 is 0 Å². The summed E-state index contributed by atoms with van der Waals surface area (Å²) in [6.45, 7) is 5.99. The molecule has 0 atom stereocenters. The van der Waals surface area contributed by atoms with Gasteiger partial charge in [0.1, 0.15) is 5.69 Å². The summed E-state index contributed by atoms with van der Waals surface area (Å²) >= 11 is 0. The summed E-state index contributed by atoms with van der Waals surface area (Å²) in [6.07, 6.45) is 10.3. The SMILES string of the molecule is C=C1/C=C\C=C/CCCc2c1n[nH]c2C(=O)Nc1ccc(S(=O)(=O)Nc2ccc(C)cc2)cc1. The summed E-state index contributed by atoms with van der Waals surface area (Å²) in [5.74, 6) is -0.341. The van der Waals surface area contributed by atoms with Crippen LogP contribution in [-0.2, 0) is 16.4 Å². The first-order valence-electron chi connectivity index (χ1n) is 10.9. The number of nitrogens with zero attached hydrogens (tertiary/aromatic N) is 1. The highest BCUT2D eigenvalue weighted by atomic mass is 32.2. The molecule has 1 aliphatic rings. The van der Waals surface area contributed by atoms with Gasteiger partial charge in [0.05, 0.1) is 10.6 Å². The first-order chi connectivity index (χ1) is 16.3. The van der Waals surface area contributed by atoms with E-state index in [1.807, 2.05) is 37.3 Å². The predicted molar refractivity (Wildman–Crippen MR) is 135 cm³/mol. The maximum atomic E-state index is 13.0. The standard InChI is InChI=1S/C26H26N4O3S/c1-18-10-12-21(13-11-18)30-34(32,33)22-16-14-20(15-17-22)27-26(31)25-23-9-7-5-3-4-6-8-19(2)24(23)28-29-25/h3-4,6,8,10-17,30H,2,5,7,9H2,1H3,(H,27,31)(H,28,29)/b4-3-,8-6-. The van der Waals surface area contributed by atoms with Crippen LogP contribution in [0.4, 0.5) is 11.4 Å². The Morgan fingerprint density at radius 2 is 1.74 bits per heavy atom. The molecular formula is C26H26N4O3S. The molecule has 0 saturated carbocycles. The predicted octanol–water partition coefficient (Wildman–Crippen LogP) is 5.23. The highest BCUT2D eigenvalue weighted by Gasteiger charge is 2.21. The summed E-state index contributed by atoms with van der Waals surface area (Å²) < 4.78 is 27.9. The quantitative estimate of drug-likeness (QED) is 0.471. The van der Waals surface area contributed by atoms with E-state index in [-0.39, 0.29) is 10.8 Å². The molecule has 0 saturated heterocycles. The molecule has 3 aromatic rings. The van der Waals surface area contributed by atoms with Crippen LogP contribution in [0, 0.1) is 6.92 Å². The number of hydrogen-bond donors (Lipinski definition) is 3. The van der Waals surface area contributed by atoms with Crippen LogP contribution < -0.4 is 10.0 Å². The van der Waals surface area contributed by atoms with E-state index in [2.05, 4.69) is 32.9 Å². The molecule has 0 unspecified atom stereocenters. The zero-order chi connectivity index (χ0) is 24.1. The van der Waals surface area contributed by atoms with E-state index in [9.17, 15) is 13.2 Å². The van der Waals surface area contributed by atoms with Crippen LogP contribution in [0.15, 0.2) is 84.3 Å². The van der Waals surface area contributed by atoms with Crippen LogP contribution in [0.5, 0.6) is 0 Å². The van der Waals surface area contributed by atoms with Crippen molar-refractivity contribution in [2.45, 2.75) is 31.1 Å². The van der Waals surface area contributed by atoms with Crippen molar-refractivity contribution in [2.24, 2.45) is 0 Å². The Bertz CT molecular complexity index is 1370. The zero-order valence-electron chi connectivity index (χ0n) is 18.8. The van der Waals surface area contributed by atoms with E-state index in [1.165, 1.54) is 12.1 Å². The third-order valence-electron chi connectivity index (χ3n) is 5.47. The number of benzene rings is 2. The van der Waals surface area contributed by atoms with E-state index in [0.717, 1.165) is 29.5 Å². The fourth-order valence-corrected chi connectivity index (χ4v) is 4.69. The minimum Gasteiger partial charge on any atom is -0.321 e. The van der Waals surface area contributed by atoms with Gasteiger partial charge in [-0.1, -0.05) is 48.6 Å². The summed E-state index contributed by atoms with van der Waals surface area (Å²) in [5, 5.41) is 9.99. The van der Waals surface area contributed by atoms with Crippen molar-refractivity contribution in [3.8, 4) is 0 Å². The zero-order valence-corrected chi connectivity index (χ0v) is 19.7. The molecule has 0 radical (unpaired) electrons. The second-order valence-electron chi connectivity index (χ2n) is 8.08. The molecule has 3 N–H and O–H groups in total. The molecule has 7 nitrogen and oxygen atoms in total. The molecule has 1 amide bonds. The number of allylic oxidation sites excluding steroid dienone is 5. The monoisotopic (exact) mass is 474 g/mol. The number of aromatic nitrogens is 2. The number of rotatable bonds is 5. The average Bonchev–Trinajstić information content (AvgIpc) is 3.24. The lowest BCUT2D eigenvalue weighted by Crippen LogP contribution is -2.15. The molecule has 4 rings (SSSR count). The van der Waals surface area contributed by atoms with E-state index in [4.69, 9.17) is 0 Å². The van der Waals surface area contributed by atoms with Gasteiger partial charge in [-0.2, -0.15) is 5.10 Å². The molecule has 2 aromatic carbocycles. The van der Waals surface area contributed by atoms with E-state index in [1.54, 1.807) is 24.3 Å². The number of nitrogens with one attached hydrogen (secondary N) is 3. The van der Waals surface area contributed by atoms with Crippen LogP contribution in [0.2, 0.25) is 0 Å². The van der Waals surface area contributed by atoms with Crippen molar-refractivity contribution < 1.29 is 13.2 Å². The van der Waals surface area contributed by atoms with Crippen LogP contribution in [-0.4, -0.2) is 24.5 Å². The second-order valence-corrected chi connectivity index (χ2v) is 9.76. The molecule has 0 spiro atoms. The van der Waals surface area contributed by atoms with Crippen LogP contribution in [0.1, 0.15) is 40.2 Å². The molecule has 34 heavy (non-hydrogen) atoms. The molecule has 1 aliphatic carbocycles. The number of aromatic amines is 1. The lowest BCUT2D eigenvalue weighted by Gasteiger charge is -2.10. The van der Waals surface area contributed by atoms with E-state index < -0.39 is 10.0 Å². The molecule has 0 aliphatic heterocycles. The second kappa shape index (κ2) is 9.93. The van der Waals surface area contributed by atoms with Gasteiger partial charge >= 0.3 is 0 Å². The third-order valence-corrected chi connectivity index (χ3v) is 6.86. The van der Waals surface area contributed by atoms with Gasteiger partial charge in [-0.3, -0.25) is 14.6 Å². The fourth-order valence-electron chi connectivity index (χ4n) is 3.63. The number of aryl methyl sites for hydroxylation is 1. The van der Waals surface area contributed by atoms with Crippen molar-refractivity contribution >= 4 is 32.9 Å². The van der Waals surface area contributed by atoms with Gasteiger partial charge in [0, 0.05) is 16.9 Å². The maximum Gasteiger partial charge on any atom is 0.273 e. The number of carbonyl (C=O) groups excluding carboxylic acids is 1. The Kier molecular flexibility index (Phi) is 6.79. The number of amides is 1. The molecule has 8 heteroatoms. The molecule has 0 fully saturated rings. The lowest BCUT2D eigenvalue weighted by molar-refractivity contribution is 0.102. The summed E-state index contributed by atoms with van der Waals surface area (Å²) in [6, 6.07) is 13.1. The smallest absolute Gasteiger partial charge is 0.273 e. The Labute approximate surface area is 199 Å². The molecular weight excluding hydrogens is 448 g/mol.